The van der Waals surface area contributed by atoms with Crippen LogP contribution in [0.3, 0.4) is 0 Å². The highest BCUT2D eigenvalue weighted by molar-refractivity contribution is 9.10. The standard InChI is InChI=1S/C13H18BrFN2O/c1-8(2)17-13(18)7-16-9(3)11-5-4-10(15)6-12(11)14/h4-6,8-9,16H,7H2,1-3H3,(H,17,18). The molecule has 1 aromatic carbocycles. The van der Waals surface area contributed by atoms with E-state index >= 15 is 0 Å². The third-order valence-electron chi connectivity index (χ3n) is 2.45. The second kappa shape index (κ2) is 6.85. The van der Waals surface area contributed by atoms with Gasteiger partial charge in [0.2, 0.25) is 5.91 Å². The van der Waals surface area contributed by atoms with E-state index in [1.54, 1.807) is 6.07 Å². The van der Waals surface area contributed by atoms with E-state index in [1.165, 1.54) is 12.1 Å². The number of carbonyl (C=O) groups is 1. The average molecular weight is 317 g/mol. The average Bonchev–Trinajstić information content (AvgIpc) is 2.25. The van der Waals surface area contributed by atoms with Gasteiger partial charge in [0.15, 0.2) is 0 Å². The summed E-state index contributed by atoms with van der Waals surface area (Å²) in [7, 11) is 0. The van der Waals surface area contributed by atoms with Crippen LogP contribution in [0.1, 0.15) is 32.4 Å². The molecule has 0 heterocycles. The maximum absolute atomic E-state index is 13.0. The lowest BCUT2D eigenvalue weighted by atomic mass is 10.1. The molecule has 5 heteroatoms. The van der Waals surface area contributed by atoms with Gasteiger partial charge in [-0.2, -0.15) is 0 Å². The summed E-state index contributed by atoms with van der Waals surface area (Å²) in [5, 5.41) is 5.90. The van der Waals surface area contributed by atoms with E-state index in [4.69, 9.17) is 0 Å². The summed E-state index contributed by atoms with van der Waals surface area (Å²) in [5.41, 5.74) is 0.925. The number of benzene rings is 1. The summed E-state index contributed by atoms with van der Waals surface area (Å²) in [6.07, 6.45) is 0. The molecule has 0 saturated carbocycles. The highest BCUT2D eigenvalue weighted by Crippen LogP contribution is 2.23. The van der Waals surface area contributed by atoms with Crippen molar-refractivity contribution in [3.05, 3.63) is 34.1 Å². The molecule has 1 atom stereocenters. The zero-order valence-electron chi connectivity index (χ0n) is 10.8. The Kier molecular flexibility index (Phi) is 5.75. The minimum Gasteiger partial charge on any atom is -0.353 e. The molecular weight excluding hydrogens is 299 g/mol. The smallest absolute Gasteiger partial charge is 0.234 e. The van der Waals surface area contributed by atoms with Crippen LogP contribution in [-0.2, 0) is 4.79 Å². The molecule has 100 valence electrons. The summed E-state index contributed by atoms with van der Waals surface area (Å²) >= 11 is 3.31. The Labute approximate surface area is 115 Å². The zero-order valence-corrected chi connectivity index (χ0v) is 12.3. The van der Waals surface area contributed by atoms with Gasteiger partial charge in [0, 0.05) is 16.6 Å². The van der Waals surface area contributed by atoms with Crippen LogP contribution in [0, 0.1) is 5.82 Å². The largest absolute Gasteiger partial charge is 0.353 e. The van der Waals surface area contributed by atoms with Gasteiger partial charge < -0.3 is 10.6 Å². The first-order valence-corrected chi connectivity index (χ1v) is 6.67. The summed E-state index contributed by atoms with van der Waals surface area (Å²) < 4.78 is 13.7. The molecule has 1 unspecified atom stereocenters. The third kappa shape index (κ3) is 4.74. The first-order chi connectivity index (χ1) is 8.40. The van der Waals surface area contributed by atoms with Crippen molar-refractivity contribution >= 4 is 21.8 Å². The van der Waals surface area contributed by atoms with Crippen molar-refractivity contribution in [3.63, 3.8) is 0 Å². The van der Waals surface area contributed by atoms with Crippen LogP contribution in [0.25, 0.3) is 0 Å². The number of carbonyl (C=O) groups excluding carboxylic acids is 1. The van der Waals surface area contributed by atoms with Crippen molar-refractivity contribution in [2.75, 3.05) is 6.54 Å². The molecule has 3 nitrogen and oxygen atoms in total. The number of amides is 1. The van der Waals surface area contributed by atoms with Gasteiger partial charge in [0.1, 0.15) is 5.82 Å². The molecule has 0 radical (unpaired) electrons. The van der Waals surface area contributed by atoms with Crippen LogP contribution in [-0.4, -0.2) is 18.5 Å². The molecule has 0 bridgehead atoms. The topological polar surface area (TPSA) is 41.1 Å². The molecule has 0 aliphatic heterocycles. The Morgan fingerprint density at radius 1 is 1.39 bits per heavy atom. The minimum atomic E-state index is -0.282. The van der Waals surface area contributed by atoms with E-state index < -0.39 is 0 Å². The van der Waals surface area contributed by atoms with E-state index in [0.717, 1.165) is 5.56 Å². The van der Waals surface area contributed by atoms with Gasteiger partial charge in [-0.15, -0.1) is 0 Å². The highest BCUT2D eigenvalue weighted by Gasteiger charge is 2.11. The Morgan fingerprint density at radius 2 is 2.06 bits per heavy atom. The number of hydrogen-bond acceptors (Lipinski definition) is 2. The predicted octanol–water partition coefficient (Wildman–Crippen LogP) is 2.76. The lowest BCUT2D eigenvalue weighted by Crippen LogP contribution is -2.38. The Morgan fingerprint density at radius 3 is 2.61 bits per heavy atom. The normalized spacial score (nSPS) is 12.6. The summed E-state index contributed by atoms with van der Waals surface area (Å²) in [5.74, 6) is -0.328. The van der Waals surface area contributed by atoms with Crippen LogP contribution in [0.2, 0.25) is 0 Å². The molecule has 0 aromatic heterocycles. The fourth-order valence-corrected chi connectivity index (χ4v) is 2.28. The van der Waals surface area contributed by atoms with Crippen molar-refractivity contribution in [3.8, 4) is 0 Å². The lowest BCUT2D eigenvalue weighted by Gasteiger charge is -2.16. The molecule has 0 fully saturated rings. The summed E-state index contributed by atoms with van der Waals surface area (Å²) in [6, 6.07) is 4.64. The summed E-state index contributed by atoms with van der Waals surface area (Å²) in [6.45, 7) is 6.00. The third-order valence-corrected chi connectivity index (χ3v) is 3.13. The van der Waals surface area contributed by atoms with Gasteiger partial charge in [0.05, 0.1) is 6.54 Å². The molecule has 0 aliphatic rings. The molecule has 0 spiro atoms. The van der Waals surface area contributed by atoms with E-state index in [1.807, 2.05) is 20.8 Å². The van der Waals surface area contributed by atoms with Gasteiger partial charge in [-0.25, -0.2) is 4.39 Å². The van der Waals surface area contributed by atoms with E-state index in [0.29, 0.717) is 4.47 Å². The molecule has 1 amide bonds. The van der Waals surface area contributed by atoms with Gasteiger partial charge in [-0.1, -0.05) is 22.0 Å². The molecule has 1 aromatic rings. The molecular formula is C13H18BrFN2O. The maximum Gasteiger partial charge on any atom is 0.234 e. The van der Waals surface area contributed by atoms with E-state index in [9.17, 15) is 9.18 Å². The second-order valence-electron chi connectivity index (χ2n) is 4.49. The van der Waals surface area contributed by atoms with Crippen molar-refractivity contribution in [2.45, 2.75) is 32.9 Å². The highest BCUT2D eigenvalue weighted by atomic mass is 79.9. The monoisotopic (exact) mass is 316 g/mol. The first kappa shape index (κ1) is 15.1. The van der Waals surface area contributed by atoms with Crippen molar-refractivity contribution < 1.29 is 9.18 Å². The predicted molar refractivity (Wildman–Crippen MR) is 73.8 cm³/mol. The molecule has 2 N–H and O–H groups in total. The first-order valence-electron chi connectivity index (χ1n) is 5.88. The van der Waals surface area contributed by atoms with E-state index in [-0.39, 0.29) is 30.4 Å². The SMILES string of the molecule is CC(C)NC(=O)CNC(C)c1ccc(F)cc1Br. The summed E-state index contributed by atoms with van der Waals surface area (Å²) in [4.78, 5) is 11.5. The quantitative estimate of drug-likeness (QED) is 0.877. The zero-order chi connectivity index (χ0) is 13.7. The van der Waals surface area contributed by atoms with Crippen LogP contribution in [0.5, 0.6) is 0 Å². The lowest BCUT2D eigenvalue weighted by molar-refractivity contribution is -0.120. The van der Waals surface area contributed by atoms with Gasteiger partial charge in [-0.3, -0.25) is 4.79 Å². The fraction of sp³-hybridized carbons (Fsp3) is 0.462. The second-order valence-corrected chi connectivity index (χ2v) is 5.34. The Hall–Kier alpha value is -0.940. The molecule has 1 rings (SSSR count). The Bertz CT molecular complexity index is 423. The van der Waals surface area contributed by atoms with E-state index in [2.05, 4.69) is 26.6 Å². The van der Waals surface area contributed by atoms with Crippen molar-refractivity contribution in [1.29, 1.82) is 0 Å². The number of rotatable bonds is 5. The van der Waals surface area contributed by atoms with Crippen LogP contribution in [0.15, 0.2) is 22.7 Å². The molecule has 0 aliphatic carbocycles. The van der Waals surface area contributed by atoms with Crippen molar-refractivity contribution in [2.24, 2.45) is 0 Å². The number of nitrogens with one attached hydrogen (secondary N) is 2. The number of halogens is 2. The van der Waals surface area contributed by atoms with Gasteiger partial charge in [-0.05, 0) is 38.5 Å². The van der Waals surface area contributed by atoms with Gasteiger partial charge in [0.25, 0.3) is 0 Å². The van der Waals surface area contributed by atoms with Crippen LogP contribution < -0.4 is 10.6 Å². The van der Waals surface area contributed by atoms with Gasteiger partial charge >= 0.3 is 0 Å². The molecule has 18 heavy (non-hydrogen) atoms. The Balaban J connectivity index is 2.55. The van der Waals surface area contributed by atoms with Crippen LogP contribution >= 0.6 is 15.9 Å². The maximum atomic E-state index is 13.0. The number of hydrogen-bond donors (Lipinski definition) is 2. The minimum absolute atomic E-state index is 0.0297. The molecule has 0 saturated heterocycles. The van der Waals surface area contributed by atoms with Crippen LogP contribution in [0.4, 0.5) is 4.39 Å². The van der Waals surface area contributed by atoms with Crippen molar-refractivity contribution in [1.82, 2.24) is 10.6 Å². The fourth-order valence-electron chi connectivity index (χ4n) is 1.58.